The van der Waals surface area contributed by atoms with E-state index in [1.807, 2.05) is 24.3 Å². The summed E-state index contributed by atoms with van der Waals surface area (Å²) in [5.41, 5.74) is 0.817. The molecule has 5 nitrogen and oxygen atoms in total. The number of nitrogens with zero attached hydrogens (tertiary/aromatic N) is 2. The molecule has 1 aliphatic rings. The van der Waals surface area contributed by atoms with Crippen molar-refractivity contribution in [3.05, 3.63) is 46.0 Å². The maximum Gasteiger partial charge on any atom is 0.321 e. The molecule has 1 atom stereocenters. The highest BCUT2D eigenvalue weighted by atomic mass is 79.9. The van der Waals surface area contributed by atoms with Crippen LogP contribution in [0.5, 0.6) is 0 Å². The van der Waals surface area contributed by atoms with Crippen molar-refractivity contribution in [2.24, 2.45) is 0 Å². The lowest BCUT2D eigenvalue weighted by Gasteiger charge is -2.14. The summed E-state index contributed by atoms with van der Waals surface area (Å²) in [5, 5.41) is 7.19. The fraction of sp³-hybridized carbons (Fsp3) is 0.400. The van der Waals surface area contributed by atoms with Gasteiger partial charge in [-0.05, 0) is 31.4 Å². The molecule has 0 saturated heterocycles. The molecule has 6 heteroatoms. The monoisotopic (exact) mass is 349 g/mol. The Balaban J connectivity index is 1.98. The van der Waals surface area contributed by atoms with Crippen LogP contribution in [0.3, 0.4) is 0 Å². The Morgan fingerprint density at radius 1 is 1.48 bits per heavy atom. The minimum Gasteiger partial charge on any atom is -0.465 e. The lowest BCUT2D eigenvalue weighted by molar-refractivity contribution is -0.144. The third kappa shape index (κ3) is 3.00. The molecule has 0 amide bonds. The summed E-state index contributed by atoms with van der Waals surface area (Å²) in [6.45, 7) is 2.13. The van der Waals surface area contributed by atoms with Crippen LogP contribution >= 0.6 is 15.9 Å². The minimum atomic E-state index is -0.607. The fourth-order valence-electron chi connectivity index (χ4n) is 2.26. The molecule has 1 heterocycles. The van der Waals surface area contributed by atoms with Crippen molar-refractivity contribution in [3.63, 3.8) is 0 Å². The number of carbonyl (C=O) groups is 1. The maximum absolute atomic E-state index is 12.4. The molecule has 3 rings (SSSR count). The van der Waals surface area contributed by atoms with Crippen molar-refractivity contribution in [3.8, 4) is 0 Å². The zero-order valence-corrected chi connectivity index (χ0v) is 13.3. The number of esters is 1. The number of halogens is 1. The van der Waals surface area contributed by atoms with Gasteiger partial charge in [0.2, 0.25) is 0 Å². The normalized spacial score (nSPS) is 15.7. The minimum absolute atomic E-state index is 0.328. The van der Waals surface area contributed by atoms with Crippen molar-refractivity contribution in [2.75, 3.05) is 6.61 Å². The quantitative estimate of drug-likeness (QED) is 0.842. The van der Waals surface area contributed by atoms with Gasteiger partial charge in [-0.1, -0.05) is 34.1 Å². The van der Waals surface area contributed by atoms with Crippen molar-refractivity contribution in [1.29, 1.82) is 0 Å². The summed E-state index contributed by atoms with van der Waals surface area (Å²) in [6.07, 6.45) is 2.27. The predicted octanol–water partition coefficient (Wildman–Crippen LogP) is 3.14. The van der Waals surface area contributed by atoms with E-state index in [0.29, 0.717) is 18.3 Å². The van der Waals surface area contributed by atoms with Crippen LogP contribution in [0, 0.1) is 0 Å². The van der Waals surface area contributed by atoms with E-state index in [2.05, 4.69) is 31.1 Å². The second-order valence-corrected chi connectivity index (χ2v) is 5.91. The summed E-state index contributed by atoms with van der Waals surface area (Å²) in [7, 11) is 0. The van der Waals surface area contributed by atoms with E-state index < -0.39 is 5.92 Å². The van der Waals surface area contributed by atoms with Crippen LogP contribution in [-0.2, 0) is 9.53 Å². The Kier molecular flexibility index (Phi) is 4.05. The van der Waals surface area contributed by atoms with Crippen molar-refractivity contribution < 1.29 is 9.53 Å². The highest BCUT2D eigenvalue weighted by Gasteiger charge is 2.33. The number of rotatable bonds is 5. The molecule has 1 aliphatic carbocycles. The third-order valence-electron chi connectivity index (χ3n) is 3.48. The Morgan fingerprint density at radius 3 is 2.90 bits per heavy atom. The van der Waals surface area contributed by atoms with Gasteiger partial charge in [0.15, 0.2) is 5.82 Å². The van der Waals surface area contributed by atoms with E-state index in [-0.39, 0.29) is 5.97 Å². The molecule has 110 valence electrons. The van der Waals surface area contributed by atoms with Gasteiger partial charge < -0.3 is 4.74 Å². The largest absolute Gasteiger partial charge is 0.465 e. The summed E-state index contributed by atoms with van der Waals surface area (Å²) in [5.74, 6) is 0.872. The number of hydrogen-bond donors (Lipinski definition) is 1. The van der Waals surface area contributed by atoms with E-state index in [9.17, 15) is 4.79 Å². The first-order chi connectivity index (χ1) is 10.2. The molecule has 1 aromatic carbocycles. The number of ether oxygens (including phenoxy) is 1. The number of benzene rings is 1. The third-order valence-corrected chi connectivity index (χ3v) is 4.20. The first kappa shape index (κ1) is 14.3. The van der Waals surface area contributed by atoms with Crippen LogP contribution in [-0.4, -0.2) is 27.8 Å². The highest BCUT2D eigenvalue weighted by molar-refractivity contribution is 9.10. The summed E-state index contributed by atoms with van der Waals surface area (Å²) < 4.78 is 6.05. The number of hydrogen-bond acceptors (Lipinski definition) is 4. The van der Waals surface area contributed by atoms with Crippen molar-refractivity contribution >= 4 is 21.9 Å². The Labute approximate surface area is 131 Å². The smallest absolute Gasteiger partial charge is 0.321 e. The standard InChI is InChI=1S/C15H16BrN3O2/c1-2-21-15(20)12(10-5-3-4-6-11(10)16)14-17-13(18-19-14)9-7-8-9/h3-6,9,12H,2,7-8H2,1H3,(H,17,18,19). The predicted molar refractivity (Wildman–Crippen MR) is 81.0 cm³/mol. The first-order valence-electron chi connectivity index (χ1n) is 7.04. The van der Waals surface area contributed by atoms with Gasteiger partial charge in [-0.3, -0.25) is 9.89 Å². The molecule has 21 heavy (non-hydrogen) atoms. The highest BCUT2D eigenvalue weighted by Crippen LogP contribution is 2.39. The lowest BCUT2D eigenvalue weighted by atomic mass is 9.98. The fourth-order valence-corrected chi connectivity index (χ4v) is 2.78. The zero-order valence-electron chi connectivity index (χ0n) is 11.7. The molecular formula is C15H16BrN3O2. The number of H-pyrrole nitrogens is 1. The number of aromatic amines is 1. The number of nitrogens with one attached hydrogen (secondary N) is 1. The van der Waals surface area contributed by atoms with Crippen molar-refractivity contribution in [2.45, 2.75) is 31.6 Å². The summed E-state index contributed by atoms with van der Waals surface area (Å²) in [4.78, 5) is 16.9. The average molecular weight is 350 g/mol. The van der Waals surface area contributed by atoms with Crippen LogP contribution < -0.4 is 0 Å². The number of aromatic nitrogens is 3. The van der Waals surface area contributed by atoms with Gasteiger partial charge >= 0.3 is 5.97 Å². The Morgan fingerprint density at radius 2 is 2.24 bits per heavy atom. The van der Waals surface area contributed by atoms with Crippen LogP contribution in [0.4, 0.5) is 0 Å². The van der Waals surface area contributed by atoms with Gasteiger partial charge in [0.25, 0.3) is 0 Å². The van der Waals surface area contributed by atoms with Gasteiger partial charge in [-0.15, -0.1) is 0 Å². The van der Waals surface area contributed by atoms with E-state index in [1.165, 1.54) is 0 Å². The molecule has 2 aromatic rings. The van der Waals surface area contributed by atoms with Crippen LogP contribution in [0.25, 0.3) is 0 Å². The number of carbonyl (C=O) groups excluding carboxylic acids is 1. The Hall–Kier alpha value is -1.69. The molecular weight excluding hydrogens is 334 g/mol. The molecule has 1 aromatic heterocycles. The molecule has 0 aliphatic heterocycles. The van der Waals surface area contributed by atoms with Crippen LogP contribution in [0.1, 0.15) is 48.8 Å². The second-order valence-electron chi connectivity index (χ2n) is 5.06. The van der Waals surface area contributed by atoms with Gasteiger partial charge in [-0.2, -0.15) is 5.10 Å². The van der Waals surface area contributed by atoms with Crippen LogP contribution in [0.2, 0.25) is 0 Å². The zero-order chi connectivity index (χ0) is 14.8. The first-order valence-corrected chi connectivity index (χ1v) is 7.83. The van der Waals surface area contributed by atoms with Crippen molar-refractivity contribution in [1.82, 2.24) is 15.2 Å². The maximum atomic E-state index is 12.4. The van der Waals surface area contributed by atoms with E-state index in [1.54, 1.807) is 6.92 Å². The second kappa shape index (κ2) is 5.97. The molecule has 1 fully saturated rings. The topological polar surface area (TPSA) is 67.9 Å². The molecule has 1 N–H and O–H groups in total. The van der Waals surface area contributed by atoms with E-state index >= 15 is 0 Å². The van der Waals surface area contributed by atoms with E-state index in [0.717, 1.165) is 28.7 Å². The van der Waals surface area contributed by atoms with E-state index in [4.69, 9.17) is 4.74 Å². The summed E-state index contributed by atoms with van der Waals surface area (Å²) in [6, 6.07) is 7.58. The van der Waals surface area contributed by atoms with Gasteiger partial charge in [0, 0.05) is 10.4 Å². The van der Waals surface area contributed by atoms with Gasteiger partial charge in [0.05, 0.1) is 6.61 Å². The van der Waals surface area contributed by atoms with Gasteiger partial charge in [0.1, 0.15) is 11.7 Å². The van der Waals surface area contributed by atoms with Crippen LogP contribution in [0.15, 0.2) is 28.7 Å². The average Bonchev–Trinajstić information content (AvgIpc) is 3.21. The summed E-state index contributed by atoms with van der Waals surface area (Å²) >= 11 is 3.49. The Bertz CT molecular complexity index is 652. The molecule has 1 unspecified atom stereocenters. The molecule has 0 bridgehead atoms. The SMILES string of the molecule is CCOC(=O)C(c1n[nH]c(C2CC2)n1)c1ccccc1Br. The molecule has 1 saturated carbocycles. The lowest BCUT2D eigenvalue weighted by Crippen LogP contribution is -2.19. The molecule has 0 spiro atoms. The van der Waals surface area contributed by atoms with Gasteiger partial charge in [-0.25, -0.2) is 4.98 Å². The molecule has 0 radical (unpaired) electrons.